The van der Waals surface area contributed by atoms with Gasteiger partial charge in [0, 0.05) is 29.4 Å². The summed E-state index contributed by atoms with van der Waals surface area (Å²) >= 11 is 0. The minimum Gasteiger partial charge on any atom is -0.397 e. The van der Waals surface area contributed by atoms with E-state index in [0.717, 1.165) is 23.2 Å². The molecular weight excluding hydrogens is 272 g/mol. The number of fused-ring (bicyclic) bond motifs is 1. The van der Waals surface area contributed by atoms with Crippen LogP contribution in [0.2, 0.25) is 0 Å². The molecule has 3 aromatic rings. The minimum atomic E-state index is -0.461. The SMILES string of the molecule is Nc1ccc(NCc2cc(F)ccc2F)c2cccnc12. The number of anilines is 2. The van der Waals surface area contributed by atoms with Crippen molar-refractivity contribution in [3.8, 4) is 0 Å². The van der Waals surface area contributed by atoms with Crippen molar-refractivity contribution in [2.75, 3.05) is 11.1 Å². The zero-order chi connectivity index (χ0) is 14.8. The molecule has 0 saturated heterocycles. The highest BCUT2D eigenvalue weighted by molar-refractivity contribution is 5.98. The summed E-state index contributed by atoms with van der Waals surface area (Å²) in [6, 6.07) is 10.6. The molecule has 0 aliphatic rings. The Morgan fingerprint density at radius 2 is 1.95 bits per heavy atom. The van der Waals surface area contributed by atoms with Gasteiger partial charge >= 0.3 is 0 Å². The molecular formula is C16H13F2N3. The molecule has 0 atom stereocenters. The molecule has 3 N–H and O–H groups in total. The number of halogens is 2. The van der Waals surface area contributed by atoms with E-state index in [1.54, 1.807) is 24.4 Å². The molecule has 0 fully saturated rings. The Morgan fingerprint density at radius 1 is 1.10 bits per heavy atom. The number of nitrogens with one attached hydrogen (secondary N) is 1. The zero-order valence-electron chi connectivity index (χ0n) is 11.1. The number of nitrogens with zero attached hydrogens (tertiary/aromatic N) is 1. The normalized spacial score (nSPS) is 10.8. The van der Waals surface area contributed by atoms with Crippen molar-refractivity contribution in [2.45, 2.75) is 6.54 Å². The van der Waals surface area contributed by atoms with E-state index in [-0.39, 0.29) is 12.1 Å². The molecule has 0 amide bonds. The predicted molar refractivity (Wildman–Crippen MR) is 79.8 cm³/mol. The Kier molecular flexibility index (Phi) is 3.39. The Morgan fingerprint density at radius 3 is 2.81 bits per heavy atom. The van der Waals surface area contributed by atoms with Crippen LogP contribution in [0, 0.1) is 11.6 Å². The van der Waals surface area contributed by atoms with Crippen molar-refractivity contribution in [3.05, 3.63) is 65.9 Å². The van der Waals surface area contributed by atoms with Crippen LogP contribution in [-0.4, -0.2) is 4.98 Å². The average Bonchev–Trinajstić information content (AvgIpc) is 2.50. The first-order chi connectivity index (χ1) is 10.1. The molecule has 1 heterocycles. The van der Waals surface area contributed by atoms with Crippen molar-refractivity contribution >= 4 is 22.3 Å². The monoisotopic (exact) mass is 285 g/mol. The molecule has 2 aromatic carbocycles. The number of aromatic nitrogens is 1. The third-order valence-electron chi connectivity index (χ3n) is 3.28. The molecule has 0 aliphatic carbocycles. The van der Waals surface area contributed by atoms with Gasteiger partial charge in [-0.3, -0.25) is 4.98 Å². The van der Waals surface area contributed by atoms with Crippen LogP contribution in [0.15, 0.2) is 48.7 Å². The lowest BCUT2D eigenvalue weighted by Gasteiger charge is -2.11. The number of hydrogen-bond acceptors (Lipinski definition) is 3. The van der Waals surface area contributed by atoms with Crippen LogP contribution in [-0.2, 0) is 6.54 Å². The summed E-state index contributed by atoms with van der Waals surface area (Å²) in [5, 5.41) is 3.94. The molecule has 21 heavy (non-hydrogen) atoms. The van der Waals surface area contributed by atoms with Gasteiger partial charge in [-0.05, 0) is 42.5 Å². The summed E-state index contributed by atoms with van der Waals surface area (Å²) in [5.41, 5.74) is 8.18. The Hall–Kier alpha value is -2.69. The highest BCUT2D eigenvalue weighted by Crippen LogP contribution is 2.27. The van der Waals surface area contributed by atoms with Gasteiger partial charge in [0.05, 0.1) is 11.2 Å². The fourth-order valence-electron chi connectivity index (χ4n) is 2.22. The summed E-state index contributed by atoms with van der Waals surface area (Å²) in [4.78, 5) is 4.23. The topological polar surface area (TPSA) is 50.9 Å². The molecule has 3 nitrogen and oxygen atoms in total. The summed E-state index contributed by atoms with van der Waals surface area (Å²) in [5.74, 6) is -0.904. The third kappa shape index (κ3) is 2.63. The third-order valence-corrected chi connectivity index (χ3v) is 3.28. The van der Waals surface area contributed by atoms with Crippen LogP contribution in [0.3, 0.4) is 0 Å². The van der Waals surface area contributed by atoms with Crippen LogP contribution >= 0.6 is 0 Å². The first-order valence-electron chi connectivity index (χ1n) is 6.46. The molecule has 1 aromatic heterocycles. The maximum Gasteiger partial charge on any atom is 0.128 e. The van der Waals surface area contributed by atoms with Gasteiger partial charge in [0.25, 0.3) is 0 Å². The van der Waals surface area contributed by atoms with Crippen LogP contribution in [0.1, 0.15) is 5.56 Å². The van der Waals surface area contributed by atoms with Crippen molar-refractivity contribution in [1.29, 1.82) is 0 Å². The number of rotatable bonds is 3. The smallest absolute Gasteiger partial charge is 0.128 e. The molecule has 0 unspecified atom stereocenters. The lowest BCUT2D eigenvalue weighted by Crippen LogP contribution is -2.03. The van der Waals surface area contributed by atoms with Crippen molar-refractivity contribution in [2.24, 2.45) is 0 Å². The minimum absolute atomic E-state index is 0.178. The fraction of sp³-hybridized carbons (Fsp3) is 0.0625. The van der Waals surface area contributed by atoms with Gasteiger partial charge in [-0.25, -0.2) is 8.78 Å². The highest BCUT2D eigenvalue weighted by Gasteiger charge is 2.07. The van der Waals surface area contributed by atoms with E-state index < -0.39 is 11.6 Å². The lowest BCUT2D eigenvalue weighted by molar-refractivity contribution is 0.587. The van der Waals surface area contributed by atoms with E-state index in [1.807, 2.05) is 6.07 Å². The standard InChI is InChI=1S/C16H13F2N3/c17-11-3-4-13(18)10(8-11)9-21-15-6-5-14(19)16-12(15)2-1-7-20-16/h1-8,21H,9,19H2. The Balaban J connectivity index is 1.92. The molecule has 0 spiro atoms. The largest absolute Gasteiger partial charge is 0.397 e. The maximum atomic E-state index is 13.6. The van der Waals surface area contributed by atoms with Gasteiger partial charge in [-0.15, -0.1) is 0 Å². The highest BCUT2D eigenvalue weighted by atomic mass is 19.1. The lowest BCUT2D eigenvalue weighted by atomic mass is 10.1. The van der Waals surface area contributed by atoms with E-state index in [9.17, 15) is 8.78 Å². The van der Waals surface area contributed by atoms with Gasteiger partial charge in [-0.2, -0.15) is 0 Å². The number of nitrogen functional groups attached to an aromatic ring is 1. The number of hydrogen-bond donors (Lipinski definition) is 2. The summed E-state index contributed by atoms with van der Waals surface area (Å²) in [6.45, 7) is 0.178. The molecule has 5 heteroatoms. The first-order valence-corrected chi connectivity index (χ1v) is 6.46. The first kappa shape index (κ1) is 13.3. The summed E-state index contributed by atoms with van der Waals surface area (Å²) in [6.07, 6.45) is 1.66. The predicted octanol–water partition coefficient (Wildman–Crippen LogP) is 3.71. The molecule has 3 rings (SSSR count). The van der Waals surface area contributed by atoms with Crippen LogP contribution < -0.4 is 11.1 Å². The van der Waals surface area contributed by atoms with Gasteiger partial charge in [0.15, 0.2) is 0 Å². The number of pyridine rings is 1. The molecule has 0 radical (unpaired) electrons. The van der Waals surface area contributed by atoms with E-state index in [4.69, 9.17) is 5.73 Å². The van der Waals surface area contributed by atoms with E-state index in [2.05, 4.69) is 10.3 Å². The Labute approximate surface area is 120 Å². The van der Waals surface area contributed by atoms with Crippen LogP contribution in [0.25, 0.3) is 10.9 Å². The number of nitrogens with two attached hydrogens (primary N) is 1. The van der Waals surface area contributed by atoms with Gasteiger partial charge in [0.2, 0.25) is 0 Å². The summed E-state index contributed by atoms with van der Waals surface area (Å²) < 4.78 is 26.8. The molecule has 0 bridgehead atoms. The van der Waals surface area contributed by atoms with Crippen LogP contribution in [0.4, 0.5) is 20.2 Å². The molecule has 0 saturated carbocycles. The van der Waals surface area contributed by atoms with Gasteiger partial charge in [0.1, 0.15) is 11.6 Å². The molecule has 106 valence electrons. The van der Waals surface area contributed by atoms with Gasteiger partial charge < -0.3 is 11.1 Å². The van der Waals surface area contributed by atoms with Crippen molar-refractivity contribution < 1.29 is 8.78 Å². The second-order valence-electron chi connectivity index (χ2n) is 4.69. The number of benzene rings is 2. The van der Waals surface area contributed by atoms with E-state index in [1.165, 1.54) is 6.07 Å². The Bertz CT molecular complexity index is 803. The van der Waals surface area contributed by atoms with Crippen molar-refractivity contribution in [3.63, 3.8) is 0 Å². The quantitative estimate of drug-likeness (QED) is 0.721. The van der Waals surface area contributed by atoms with Gasteiger partial charge in [-0.1, -0.05) is 0 Å². The molecule has 0 aliphatic heterocycles. The maximum absolute atomic E-state index is 13.6. The second kappa shape index (κ2) is 5.36. The van der Waals surface area contributed by atoms with Crippen molar-refractivity contribution in [1.82, 2.24) is 4.98 Å². The second-order valence-corrected chi connectivity index (χ2v) is 4.69. The zero-order valence-corrected chi connectivity index (χ0v) is 11.1. The van der Waals surface area contributed by atoms with E-state index >= 15 is 0 Å². The van der Waals surface area contributed by atoms with Crippen LogP contribution in [0.5, 0.6) is 0 Å². The fourth-order valence-corrected chi connectivity index (χ4v) is 2.22. The average molecular weight is 285 g/mol. The summed E-state index contributed by atoms with van der Waals surface area (Å²) in [7, 11) is 0. The van der Waals surface area contributed by atoms with E-state index in [0.29, 0.717) is 11.2 Å².